The molecule has 2 nitrogen and oxygen atoms in total. The fraction of sp³-hybridized carbons (Fsp3) is 0.875. The Morgan fingerprint density at radius 3 is 3.17 bits per heavy atom. The number of thioether (sulfide) groups is 1. The summed E-state index contributed by atoms with van der Waals surface area (Å²) in [4.78, 5) is 2.27. The molecule has 0 bridgehead atoms. The highest BCUT2D eigenvalue weighted by Crippen LogP contribution is 2.18. The average Bonchev–Trinajstić information content (AvgIpc) is 2.04. The van der Waals surface area contributed by atoms with Crippen LogP contribution in [-0.4, -0.2) is 40.9 Å². The molecule has 1 heterocycles. The van der Waals surface area contributed by atoms with E-state index in [1.165, 1.54) is 0 Å². The molecule has 0 saturated carbocycles. The van der Waals surface area contributed by atoms with Crippen molar-refractivity contribution in [3.63, 3.8) is 0 Å². The lowest BCUT2D eigenvalue weighted by Crippen LogP contribution is -2.39. The molecule has 0 aromatic heterocycles. The molecule has 0 aromatic carbocycles. The lowest BCUT2D eigenvalue weighted by atomic mass is 10.3. The van der Waals surface area contributed by atoms with Crippen LogP contribution in [0.15, 0.2) is 0 Å². The monoisotopic (exact) mass is 204 g/mol. The number of nitrogens with zero attached hydrogens (tertiary/aromatic N) is 2. The molecular weight excluding hydrogens is 192 g/mol. The maximum atomic E-state index is 8.52. The van der Waals surface area contributed by atoms with E-state index in [2.05, 4.69) is 11.8 Å². The Labute approximate surface area is 82.9 Å². The predicted molar refractivity (Wildman–Crippen MR) is 53.6 cm³/mol. The molecule has 0 amide bonds. The summed E-state index contributed by atoms with van der Waals surface area (Å²) in [6.45, 7) is 5.06. The van der Waals surface area contributed by atoms with Crippen LogP contribution in [-0.2, 0) is 0 Å². The van der Waals surface area contributed by atoms with Gasteiger partial charge in [-0.25, -0.2) is 0 Å². The topological polar surface area (TPSA) is 27.0 Å². The number of halogens is 1. The molecule has 1 aliphatic rings. The van der Waals surface area contributed by atoms with Crippen LogP contribution in [0.3, 0.4) is 0 Å². The van der Waals surface area contributed by atoms with Crippen LogP contribution in [0.4, 0.5) is 0 Å². The summed E-state index contributed by atoms with van der Waals surface area (Å²) in [7, 11) is 0. The molecular formula is C8H13ClN2S. The van der Waals surface area contributed by atoms with E-state index >= 15 is 0 Å². The molecule has 0 spiro atoms. The average molecular weight is 205 g/mol. The van der Waals surface area contributed by atoms with Crippen LogP contribution in [0, 0.1) is 11.3 Å². The minimum atomic E-state index is -0.347. The van der Waals surface area contributed by atoms with Crippen LogP contribution in [0.25, 0.3) is 0 Å². The van der Waals surface area contributed by atoms with Gasteiger partial charge in [-0.3, -0.25) is 4.90 Å². The summed E-state index contributed by atoms with van der Waals surface area (Å²) in [5.74, 6) is 1.16. The third-order valence-corrected chi connectivity index (χ3v) is 3.26. The van der Waals surface area contributed by atoms with E-state index < -0.39 is 0 Å². The van der Waals surface area contributed by atoms with E-state index in [1.54, 1.807) is 0 Å². The Morgan fingerprint density at radius 1 is 1.83 bits per heavy atom. The van der Waals surface area contributed by atoms with E-state index in [4.69, 9.17) is 16.9 Å². The lowest BCUT2D eigenvalue weighted by molar-refractivity contribution is 0.295. The lowest BCUT2D eigenvalue weighted by Gasteiger charge is -2.30. The fourth-order valence-corrected chi connectivity index (χ4v) is 2.60. The maximum Gasteiger partial charge on any atom is 0.133 e. The predicted octanol–water partition coefficient (Wildman–Crippen LogP) is 1.55. The SMILES string of the molecule is CC1CN(CC(Cl)C#N)CCS1. The second kappa shape index (κ2) is 4.96. The molecule has 0 aromatic rings. The second-order valence-electron chi connectivity index (χ2n) is 3.04. The van der Waals surface area contributed by atoms with Gasteiger partial charge >= 0.3 is 0 Å². The van der Waals surface area contributed by atoms with Crippen LogP contribution in [0.1, 0.15) is 6.92 Å². The number of rotatable bonds is 2. The molecule has 2 unspecified atom stereocenters. The van der Waals surface area contributed by atoms with Crippen molar-refractivity contribution >= 4 is 23.4 Å². The smallest absolute Gasteiger partial charge is 0.133 e. The zero-order valence-electron chi connectivity index (χ0n) is 7.16. The Morgan fingerprint density at radius 2 is 2.58 bits per heavy atom. The van der Waals surface area contributed by atoms with Gasteiger partial charge in [-0.2, -0.15) is 17.0 Å². The third kappa shape index (κ3) is 3.22. The van der Waals surface area contributed by atoms with Gasteiger partial charge in [0.05, 0.1) is 6.07 Å². The standard InChI is InChI=1S/C8H13ClN2S/c1-7-5-11(2-3-12-7)6-8(9)4-10/h7-8H,2-3,5-6H2,1H3. The minimum absolute atomic E-state index is 0.347. The van der Waals surface area contributed by atoms with Gasteiger partial charge in [0.25, 0.3) is 0 Å². The Balaban J connectivity index is 2.28. The van der Waals surface area contributed by atoms with Gasteiger partial charge in [0.1, 0.15) is 5.38 Å². The van der Waals surface area contributed by atoms with Crippen molar-refractivity contribution in [2.75, 3.05) is 25.4 Å². The van der Waals surface area contributed by atoms with Crippen LogP contribution in [0.2, 0.25) is 0 Å². The largest absolute Gasteiger partial charge is 0.299 e. The normalized spacial score (nSPS) is 27.9. The fourth-order valence-electron chi connectivity index (χ4n) is 1.32. The summed E-state index contributed by atoms with van der Waals surface area (Å²) in [6, 6.07) is 2.04. The molecule has 1 rings (SSSR count). The van der Waals surface area contributed by atoms with Gasteiger partial charge in [-0.1, -0.05) is 6.92 Å². The van der Waals surface area contributed by atoms with Gasteiger partial charge in [0, 0.05) is 30.6 Å². The number of alkyl halides is 1. The van der Waals surface area contributed by atoms with E-state index in [-0.39, 0.29) is 5.38 Å². The van der Waals surface area contributed by atoms with Gasteiger partial charge in [0.2, 0.25) is 0 Å². The van der Waals surface area contributed by atoms with Gasteiger partial charge in [0.15, 0.2) is 0 Å². The Bertz CT molecular complexity index is 180. The van der Waals surface area contributed by atoms with E-state index in [0.717, 1.165) is 18.8 Å². The number of nitriles is 1. The second-order valence-corrected chi connectivity index (χ2v) is 5.11. The zero-order chi connectivity index (χ0) is 8.97. The number of hydrogen-bond donors (Lipinski definition) is 0. The first kappa shape index (κ1) is 10.2. The van der Waals surface area contributed by atoms with Gasteiger partial charge < -0.3 is 0 Å². The first-order valence-corrected chi connectivity index (χ1v) is 5.58. The Hall–Kier alpha value is 0.0900. The van der Waals surface area contributed by atoms with Crippen LogP contribution < -0.4 is 0 Å². The van der Waals surface area contributed by atoms with Crippen LogP contribution in [0.5, 0.6) is 0 Å². The maximum absolute atomic E-state index is 8.52. The summed E-state index contributed by atoms with van der Waals surface area (Å²) >= 11 is 7.73. The van der Waals surface area contributed by atoms with E-state index in [0.29, 0.717) is 11.8 Å². The molecule has 0 radical (unpaired) electrons. The third-order valence-electron chi connectivity index (χ3n) is 1.88. The quantitative estimate of drug-likeness (QED) is 0.639. The minimum Gasteiger partial charge on any atom is -0.299 e. The van der Waals surface area contributed by atoms with Crippen molar-refractivity contribution < 1.29 is 0 Å². The summed E-state index contributed by atoms with van der Waals surface area (Å²) in [6.07, 6.45) is 0. The molecule has 68 valence electrons. The molecule has 0 aliphatic carbocycles. The zero-order valence-corrected chi connectivity index (χ0v) is 8.74. The highest BCUT2D eigenvalue weighted by molar-refractivity contribution is 7.99. The van der Waals surface area contributed by atoms with E-state index in [9.17, 15) is 0 Å². The highest BCUT2D eigenvalue weighted by Gasteiger charge is 2.18. The van der Waals surface area contributed by atoms with Crippen molar-refractivity contribution in [3.8, 4) is 6.07 Å². The molecule has 1 fully saturated rings. The summed E-state index contributed by atoms with van der Waals surface area (Å²) in [5, 5.41) is 8.85. The summed E-state index contributed by atoms with van der Waals surface area (Å²) in [5.41, 5.74) is 0. The van der Waals surface area contributed by atoms with Crippen molar-refractivity contribution in [1.29, 1.82) is 5.26 Å². The molecule has 4 heteroatoms. The molecule has 1 aliphatic heterocycles. The first-order valence-electron chi connectivity index (χ1n) is 4.10. The first-order chi connectivity index (χ1) is 5.72. The van der Waals surface area contributed by atoms with Gasteiger partial charge in [-0.15, -0.1) is 11.6 Å². The molecule has 12 heavy (non-hydrogen) atoms. The van der Waals surface area contributed by atoms with Gasteiger partial charge in [-0.05, 0) is 0 Å². The van der Waals surface area contributed by atoms with Crippen molar-refractivity contribution in [2.24, 2.45) is 0 Å². The van der Waals surface area contributed by atoms with Crippen LogP contribution >= 0.6 is 23.4 Å². The Kier molecular flexibility index (Phi) is 4.20. The summed E-state index contributed by atoms with van der Waals surface area (Å²) < 4.78 is 0. The number of hydrogen-bond acceptors (Lipinski definition) is 3. The van der Waals surface area contributed by atoms with E-state index in [1.807, 2.05) is 17.8 Å². The molecule has 1 saturated heterocycles. The van der Waals surface area contributed by atoms with Crippen molar-refractivity contribution in [2.45, 2.75) is 17.6 Å². The van der Waals surface area contributed by atoms with Crippen molar-refractivity contribution in [1.82, 2.24) is 4.90 Å². The molecule has 2 atom stereocenters. The highest BCUT2D eigenvalue weighted by atomic mass is 35.5. The molecule has 0 N–H and O–H groups in total. The van der Waals surface area contributed by atoms with Crippen molar-refractivity contribution in [3.05, 3.63) is 0 Å².